The summed E-state index contributed by atoms with van der Waals surface area (Å²) in [5, 5.41) is 23.7. The summed E-state index contributed by atoms with van der Waals surface area (Å²) in [6, 6.07) is 4.81. The molecule has 0 amide bonds. The molecule has 7 nitrogen and oxygen atoms in total. The smallest absolute Gasteiger partial charge is 0.872 e. The number of unbranched alkanes of at least 4 members (excludes halogenated alkanes) is 4. The second-order valence-electron chi connectivity index (χ2n) is 6.01. The third-order valence-corrected chi connectivity index (χ3v) is 4.33. The van der Waals surface area contributed by atoms with Gasteiger partial charge in [0.15, 0.2) is 0 Å². The zero-order valence-electron chi connectivity index (χ0n) is 16.6. The molecule has 0 saturated heterocycles. The molecule has 0 radical (unpaired) electrons. The second kappa shape index (κ2) is 15.4. The maximum Gasteiger partial charge on any atom is 1.00 e. The first-order valence-electron chi connectivity index (χ1n) is 8.47. The van der Waals surface area contributed by atoms with Gasteiger partial charge in [-0.1, -0.05) is 56.9 Å². The van der Waals surface area contributed by atoms with E-state index in [-0.39, 0.29) is 77.2 Å². The van der Waals surface area contributed by atoms with Gasteiger partial charge in [-0.05, 0) is 31.2 Å². The summed E-state index contributed by atoms with van der Waals surface area (Å²) >= 11 is 0. The Morgan fingerprint density at radius 1 is 1.22 bits per heavy atom. The molecular weight excluding hydrogens is 391 g/mol. The van der Waals surface area contributed by atoms with E-state index >= 15 is 0 Å². The topological polar surface area (TPSA) is 125 Å². The van der Waals surface area contributed by atoms with Crippen molar-refractivity contribution in [1.82, 2.24) is 0 Å². The van der Waals surface area contributed by atoms with Crippen molar-refractivity contribution in [1.29, 1.82) is 0 Å². The van der Waals surface area contributed by atoms with E-state index in [0.717, 1.165) is 25.7 Å². The average Bonchev–Trinajstić information content (AvgIpc) is 2.50. The summed E-state index contributed by atoms with van der Waals surface area (Å²) in [6.45, 7) is 3.52. The predicted octanol–water partition coefficient (Wildman–Crippen LogP) is -3.57. The standard InChI is InChI=1S/C17H28NO6P.2Na/c1-3-4-5-6-7-11-16(20)18-17(13(2)24-25(21,22)23)14-9-8-10-15(19)12-14;;/h8-10,12-13,17,19H,3-7,11H2,1-2H3,(H,18,20)(H2,21,22,23);;/q;2*+1/p-2/t13-,17+;;/m0../s1. The zero-order valence-corrected chi connectivity index (χ0v) is 21.5. The Morgan fingerprint density at radius 2 is 1.85 bits per heavy atom. The summed E-state index contributed by atoms with van der Waals surface area (Å²) in [5.41, 5.74) is 0.396. The number of rotatable bonds is 11. The molecule has 0 saturated carbocycles. The van der Waals surface area contributed by atoms with E-state index in [1.54, 1.807) is 6.07 Å². The van der Waals surface area contributed by atoms with E-state index in [1.165, 1.54) is 25.1 Å². The number of aliphatic imine (C=N–C) groups is 1. The molecule has 0 spiro atoms. The molecule has 10 heteroatoms. The van der Waals surface area contributed by atoms with Crippen molar-refractivity contribution in [3.8, 4) is 5.75 Å². The Bertz CT molecular complexity index is 611. The van der Waals surface area contributed by atoms with Crippen LogP contribution in [0.2, 0.25) is 0 Å². The first-order chi connectivity index (χ1) is 11.7. The van der Waals surface area contributed by atoms with Crippen LogP contribution in [0.25, 0.3) is 0 Å². The largest absolute Gasteiger partial charge is 1.00 e. The Balaban J connectivity index is 0. The molecule has 2 atom stereocenters. The molecule has 0 aliphatic heterocycles. The molecule has 0 fully saturated rings. The molecule has 2 N–H and O–H groups in total. The number of benzene rings is 1. The summed E-state index contributed by atoms with van der Waals surface area (Å²) in [6.07, 6.45) is 4.16. The Hall–Kier alpha value is 0.600. The van der Waals surface area contributed by atoms with Gasteiger partial charge in [0.25, 0.3) is 0 Å². The fourth-order valence-electron chi connectivity index (χ4n) is 2.52. The summed E-state index contributed by atoms with van der Waals surface area (Å²) in [7, 11) is -4.73. The van der Waals surface area contributed by atoms with Gasteiger partial charge in [0.2, 0.25) is 0 Å². The molecule has 0 heterocycles. The molecule has 0 aliphatic carbocycles. The van der Waals surface area contributed by atoms with Crippen LogP contribution in [0.1, 0.15) is 64.0 Å². The van der Waals surface area contributed by atoms with Crippen molar-refractivity contribution in [2.45, 2.75) is 64.5 Å². The van der Waals surface area contributed by atoms with Crippen molar-refractivity contribution in [2.24, 2.45) is 4.99 Å². The van der Waals surface area contributed by atoms with Gasteiger partial charge in [0.05, 0.1) is 6.10 Å². The van der Waals surface area contributed by atoms with Crippen LogP contribution in [0, 0.1) is 0 Å². The van der Waals surface area contributed by atoms with Crippen LogP contribution in [0.15, 0.2) is 29.3 Å². The van der Waals surface area contributed by atoms with Crippen LogP contribution in [0.4, 0.5) is 0 Å². The third kappa shape index (κ3) is 13.4. The van der Waals surface area contributed by atoms with E-state index in [1.807, 2.05) is 0 Å². The molecule has 1 aromatic carbocycles. The molecule has 0 aliphatic rings. The number of hydrogen-bond donors (Lipinski definition) is 2. The fourth-order valence-corrected chi connectivity index (χ4v) is 3.07. The van der Waals surface area contributed by atoms with Gasteiger partial charge in [-0.3, -0.25) is 9.52 Å². The maximum atomic E-state index is 12.1. The van der Waals surface area contributed by atoms with Gasteiger partial charge in [0.1, 0.15) is 6.04 Å². The van der Waals surface area contributed by atoms with Gasteiger partial charge in [-0.15, -0.1) is 5.75 Å². The van der Waals surface area contributed by atoms with Crippen LogP contribution in [0.3, 0.4) is 0 Å². The molecule has 0 unspecified atom stereocenters. The number of phosphoric ester groups is 1. The molecule has 142 valence electrons. The van der Waals surface area contributed by atoms with Crippen molar-refractivity contribution >= 4 is 13.7 Å². The predicted molar refractivity (Wildman–Crippen MR) is 92.0 cm³/mol. The zero-order chi connectivity index (χ0) is 18.9. The summed E-state index contributed by atoms with van der Waals surface area (Å²) in [5.74, 6) is -0.632. The molecule has 0 aromatic heterocycles. The molecule has 1 aromatic rings. The van der Waals surface area contributed by atoms with Crippen molar-refractivity contribution in [2.75, 3.05) is 0 Å². The van der Waals surface area contributed by atoms with E-state index < -0.39 is 20.0 Å². The van der Waals surface area contributed by atoms with E-state index in [9.17, 15) is 14.8 Å². The van der Waals surface area contributed by atoms with Crippen LogP contribution in [-0.4, -0.2) is 21.8 Å². The molecule has 0 bridgehead atoms. The van der Waals surface area contributed by atoms with Gasteiger partial charge in [-0.2, -0.15) is 0 Å². The average molecular weight is 417 g/mol. The maximum absolute atomic E-state index is 12.1. The Kier molecular flexibility index (Phi) is 17.0. The first-order valence-corrected chi connectivity index (χ1v) is 10.0. The SMILES string of the molecule is CCCCCCCC([O-])=N[C@@H](c1cccc([O-])c1)[C@H](C)OP(=O)(O)O.[Na+].[Na+]. The minimum Gasteiger partial charge on any atom is -0.872 e. The summed E-state index contributed by atoms with van der Waals surface area (Å²) in [4.78, 5) is 22.0. The third-order valence-electron chi connectivity index (χ3n) is 3.73. The van der Waals surface area contributed by atoms with Crippen molar-refractivity contribution in [3.05, 3.63) is 29.8 Å². The van der Waals surface area contributed by atoms with E-state index in [0.29, 0.717) is 12.0 Å². The Labute approximate surface area is 205 Å². The minimum atomic E-state index is -4.73. The number of hydrogen-bond acceptors (Lipinski definition) is 5. The van der Waals surface area contributed by atoms with Gasteiger partial charge in [0, 0.05) is 0 Å². The van der Waals surface area contributed by atoms with Crippen molar-refractivity contribution in [3.63, 3.8) is 0 Å². The van der Waals surface area contributed by atoms with Gasteiger partial charge in [-0.25, -0.2) is 4.57 Å². The van der Waals surface area contributed by atoms with E-state index in [2.05, 4.69) is 16.4 Å². The number of nitrogens with zero attached hydrogens (tertiary/aromatic N) is 1. The van der Waals surface area contributed by atoms with Crippen LogP contribution >= 0.6 is 7.82 Å². The number of phosphoric acid groups is 1. The van der Waals surface area contributed by atoms with Crippen molar-refractivity contribution < 1.29 is 88.2 Å². The Morgan fingerprint density at radius 3 is 2.41 bits per heavy atom. The van der Waals surface area contributed by atoms with Crippen LogP contribution < -0.4 is 69.3 Å². The summed E-state index contributed by atoms with van der Waals surface area (Å²) < 4.78 is 15.8. The molecule has 27 heavy (non-hydrogen) atoms. The second-order valence-corrected chi connectivity index (χ2v) is 7.20. The minimum absolute atomic E-state index is 0. The first kappa shape index (κ1) is 29.8. The van der Waals surface area contributed by atoms with Gasteiger partial charge >= 0.3 is 66.9 Å². The van der Waals surface area contributed by atoms with Gasteiger partial charge < -0.3 is 20.0 Å². The van der Waals surface area contributed by atoms with E-state index in [4.69, 9.17) is 9.79 Å². The molecule has 1 rings (SSSR count). The molecular formula is C17H26NNa2O6P. The van der Waals surface area contributed by atoms with Crippen LogP contribution in [0.5, 0.6) is 5.75 Å². The fraction of sp³-hybridized carbons (Fsp3) is 0.588. The van der Waals surface area contributed by atoms with Crippen LogP contribution in [-0.2, 0) is 9.09 Å². The quantitative estimate of drug-likeness (QED) is 0.126. The normalized spacial score (nSPS) is 14.0. The monoisotopic (exact) mass is 417 g/mol.